The molecule has 0 amide bonds. The molecule has 2 heterocycles. The minimum Gasteiger partial charge on any atom is -0.459 e. The number of aryl methyl sites for hydroxylation is 1. The summed E-state index contributed by atoms with van der Waals surface area (Å²) in [7, 11) is 0. The third kappa shape index (κ3) is 3.42. The van der Waals surface area contributed by atoms with E-state index in [4.69, 9.17) is 16.3 Å². The van der Waals surface area contributed by atoms with E-state index in [-0.39, 0.29) is 23.0 Å². The molecule has 136 valence electrons. The molecule has 1 aromatic carbocycles. The summed E-state index contributed by atoms with van der Waals surface area (Å²) in [6.45, 7) is 9.78. The van der Waals surface area contributed by atoms with Crippen molar-refractivity contribution >= 4 is 28.6 Å². The van der Waals surface area contributed by atoms with Gasteiger partial charge in [0.15, 0.2) is 0 Å². The molecule has 0 aliphatic carbocycles. The van der Waals surface area contributed by atoms with Crippen LogP contribution in [0.5, 0.6) is 0 Å². The minimum atomic E-state index is -0.472. The first kappa shape index (κ1) is 18.3. The lowest BCUT2D eigenvalue weighted by Gasteiger charge is -2.13. The first-order valence-electron chi connectivity index (χ1n) is 8.50. The summed E-state index contributed by atoms with van der Waals surface area (Å²) in [4.78, 5) is 25.3. The molecular formula is C19H21ClN4O2. The van der Waals surface area contributed by atoms with Crippen LogP contribution in [0.2, 0.25) is 5.28 Å². The summed E-state index contributed by atoms with van der Waals surface area (Å²) in [5, 5.41) is 0.0785. The molecule has 0 saturated heterocycles. The van der Waals surface area contributed by atoms with Crippen LogP contribution in [-0.4, -0.2) is 31.6 Å². The maximum atomic E-state index is 12.4. The number of imidazole rings is 1. The van der Waals surface area contributed by atoms with Crippen molar-refractivity contribution in [3.63, 3.8) is 0 Å². The average Bonchev–Trinajstić information content (AvgIpc) is 2.88. The summed E-state index contributed by atoms with van der Waals surface area (Å²) in [6, 6.07) is 6.03. The van der Waals surface area contributed by atoms with Crippen molar-refractivity contribution in [2.45, 2.75) is 46.8 Å². The number of benzene rings is 1. The van der Waals surface area contributed by atoms with Crippen molar-refractivity contribution in [1.29, 1.82) is 0 Å². The van der Waals surface area contributed by atoms with E-state index in [1.807, 2.05) is 25.1 Å². The van der Waals surface area contributed by atoms with Gasteiger partial charge in [-0.25, -0.2) is 19.7 Å². The average molecular weight is 373 g/mol. The van der Waals surface area contributed by atoms with Crippen LogP contribution in [0.15, 0.2) is 24.4 Å². The molecular weight excluding hydrogens is 352 g/mol. The van der Waals surface area contributed by atoms with Gasteiger partial charge in [0.1, 0.15) is 11.4 Å². The summed E-state index contributed by atoms with van der Waals surface area (Å²) < 4.78 is 7.46. The largest absolute Gasteiger partial charge is 0.459 e. The molecule has 7 heteroatoms. The topological polar surface area (TPSA) is 69.9 Å². The minimum absolute atomic E-state index is 0.0785. The van der Waals surface area contributed by atoms with Crippen LogP contribution in [0.25, 0.3) is 22.3 Å². The molecule has 0 fully saturated rings. The monoisotopic (exact) mass is 372 g/mol. The molecule has 0 unspecified atom stereocenters. The highest BCUT2D eigenvalue weighted by Crippen LogP contribution is 2.29. The Kier molecular flexibility index (Phi) is 4.96. The van der Waals surface area contributed by atoms with Crippen LogP contribution in [0.1, 0.15) is 49.9 Å². The van der Waals surface area contributed by atoms with Gasteiger partial charge in [-0.1, -0.05) is 6.07 Å². The number of carbonyl (C=O) groups is 1. The predicted octanol–water partition coefficient (Wildman–Crippen LogP) is 4.60. The van der Waals surface area contributed by atoms with Gasteiger partial charge >= 0.3 is 5.97 Å². The lowest BCUT2D eigenvalue weighted by Crippen LogP contribution is -2.14. The Bertz CT molecular complexity index is 979. The fourth-order valence-corrected chi connectivity index (χ4v) is 3.15. The third-order valence-corrected chi connectivity index (χ3v) is 4.16. The highest BCUT2D eigenvalue weighted by Gasteiger charge is 2.20. The number of esters is 1. The Labute approximate surface area is 157 Å². The molecule has 0 aliphatic rings. The molecule has 0 spiro atoms. The van der Waals surface area contributed by atoms with Gasteiger partial charge in [0.25, 0.3) is 0 Å². The van der Waals surface area contributed by atoms with Crippen LogP contribution in [-0.2, 0) is 4.74 Å². The zero-order chi connectivity index (χ0) is 19.0. The number of rotatable bonds is 4. The van der Waals surface area contributed by atoms with Gasteiger partial charge in [-0.15, -0.1) is 0 Å². The highest BCUT2D eigenvalue weighted by molar-refractivity contribution is 6.28. The number of hydrogen-bond donors (Lipinski definition) is 0. The molecule has 0 bridgehead atoms. The van der Waals surface area contributed by atoms with Gasteiger partial charge in [-0.2, -0.15) is 0 Å². The zero-order valence-corrected chi connectivity index (χ0v) is 16.2. The number of hydrogen-bond acceptors (Lipinski definition) is 5. The fraction of sp³-hybridized carbons (Fsp3) is 0.368. The van der Waals surface area contributed by atoms with Crippen LogP contribution in [0.3, 0.4) is 0 Å². The molecule has 0 aliphatic heterocycles. The zero-order valence-electron chi connectivity index (χ0n) is 15.4. The van der Waals surface area contributed by atoms with Gasteiger partial charge in [-0.3, -0.25) is 0 Å². The predicted molar refractivity (Wildman–Crippen MR) is 101 cm³/mol. The normalized spacial score (nSPS) is 11.5. The lowest BCUT2D eigenvalue weighted by molar-refractivity contribution is 0.0378. The van der Waals surface area contributed by atoms with E-state index >= 15 is 0 Å². The van der Waals surface area contributed by atoms with Crippen molar-refractivity contribution in [2.24, 2.45) is 0 Å². The Hall–Kier alpha value is -2.47. The van der Waals surface area contributed by atoms with Gasteiger partial charge in [0.05, 0.1) is 22.8 Å². The van der Waals surface area contributed by atoms with E-state index in [0.717, 1.165) is 22.4 Å². The Morgan fingerprint density at radius 1 is 1.19 bits per heavy atom. The van der Waals surface area contributed by atoms with Crippen LogP contribution in [0, 0.1) is 6.92 Å². The highest BCUT2D eigenvalue weighted by atomic mass is 35.5. The van der Waals surface area contributed by atoms with Crippen molar-refractivity contribution < 1.29 is 9.53 Å². The summed E-state index contributed by atoms with van der Waals surface area (Å²) in [6.07, 6.45) is 1.17. The smallest absolute Gasteiger partial charge is 0.342 e. The second-order valence-corrected chi connectivity index (χ2v) is 7.02. The number of nitrogens with zero attached hydrogens (tertiary/aromatic N) is 4. The van der Waals surface area contributed by atoms with Crippen molar-refractivity contribution in [3.8, 4) is 11.3 Å². The van der Waals surface area contributed by atoms with Gasteiger partial charge in [-0.05, 0) is 58.4 Å². The van der Waals surface area contributed by atoms with E-state index in [1.165, 1.54) is 6.20 Å². The first-order valence-corrected chi connectivity index (χ1v) is 8.88. The number of fused-ring (bicyclic) bond motifs is 1. The van der Waals surface area contributed by atoms with Gasteiger partial charge in [0.2, 0.25) is 5.28 Å². The SMILES string of the molecule is Cc1nc2ccc(-c3nc(Cl)ncc3C(=O)OC(C)C)cc2n1C(C)C. The quantitative estimate of drug-likeness (QED) is 0.494. The molecule has 0 atom stereocenters. The Morgan fingerprint density at radius 2 is 1.92 bits per heavy atom. The van der Waals surface area contributed by atoms with Gasteiger partial charge in [0, 0.05) is 17.8 Å². The van der Waals surface area contributed by atoms with Crippen LogP contribution < -0.4 is 0 Å². The first-order chi connectivity index (χ1) is 12.3. The van der Waals surface area contributed by atoms with Gasteiger partial charge < -0.3 is 9.30 Å². The van der Waals surface area contributed by atoms with Crippen molar-refractivity contribution in [2.75, 3.05) is 0 Å². The lowest BCUT2D eigenvalue weighted by atomic mass is 10.1. The second-order valence-electron chi connectivity index (χ2n) is 6.68. The second kappa shape index (κ2) is 7.03. The number of aromatic nitrogens is 4. The standard InChI is InChI=1S/C19H21ClN4O2/c1-10(2)24-12(5)22-15-7-6-13(8-16(15)24)17-14(9-21-19(20)23-17)18(25)26-11(3)4/h6-11H,1-5H3. The Balaban J connectivity index is 2.18. The number of ether oxygens (including phenoxy) is 1. The van der Waals surface area contributed by atoms with Crippen LogP contribution in [0.4, 0.5) is 0 Å². The third-order valence-electron chi connectivity index (χ3n) is 3.98. The van der Waals surface area contributed by atoms with E-state index in [1.54, 1.807) is 13.8 Å². The fourth-order valence-electron chi connectivity index (χ4n) is 3.02. The summed E-state index contributed by atoms with van der Waals surface area (Å²) in [5.74, 6) is 0.465. The molecule has 3 aromatic rings. The molecule has 0 radical (unpaired) electrons. The van der Waals surface area contributed by atoms with Crippen LogP contribution >= 0.6 is 11.6 Å². The van der Waals surface area contributed by atoms with E-state index in [9.17, 15) is 4.79 Å². The molecule has 6 nitrogen and oxygen atoms in total. The summed E-state index contributed by atoms with van der Waals surface area (Å²) in [5.41, 5.74) is 3.38. The molecule has 0 N–H and O–H groups in total. The van der Waals surface area contributed by atoms with Crippen molar-refractivity contribution in [3.05, 3.63) is 41.1 Å². The summed E-state index contributed by atoms with van der Waals surface area (Å²) >= 11 is 5.99. The van der Waals surface area contributed by atoms with E-state index < -0.39 is 5.97 Å². The van der Waals surface area contributed by atoms with E-state index in [2.05, 4.69) is 33.4 Å². The molecule has 3 rings (SSSR count). The number of halogens is 1. The molecule has 26 heavy (non-hydrogen) atoms. The molecule has 2 aromatic heterocycles. The maximum absolute atomic E-state index is 12.4. The van der Waals surface area contributed by atoms with Crippen molar-refractivity contribution in [1.82, 2.24) is 19.5 Å². The maximum Gasteiger partial charge on any atom is 0.342 e. The molecule has 0 saturated carbocycles. The number of carbonyl (C=O) groups excluding carboxylic acids is 1. The van der Waals surface area contributed by atoms with E-state index in [0.29, 0.717) is 5.69 Å². The Morgan fingerprint density at radius 3 is 2.58 bits per heavy atom.